The number of aliphatic carboxylic acids is 1. The van der Waals surface area contributed by atoms with Crippen LogP contribution in [0, 0.1) is 12.8 Å². The summed E-state index contributed by atoms with van der Waals surface area (Å²) in [5.74, 6) is -1.10. The molecular weight excluding hydrogens is 268 g/mol. The van der Waals surface area contributed by atoms with Crippen molar-refractivity contribution in [1.82, 2.24) is 5.32 Å². The van der Waals surface area contributed by atoms with Gasteiger partial charge >= 0.3 is 12.0 Å². The van der Waals surface area contributed by atoms with E-state index in [9.17, 15) is 9.59 Å². The first-order valence-electron chi connectivity index (χ1n) is 7.38. The fourth-order valence-corrected chi connectivity index (χ4v) is 2.83. The fourth-order valence-electron chi connectivity index (χ4n) is 2.83. The minimum atomic E-state index is -0.766. The molecule has 0 radical (unpaired) electrons. The number of anilines is 1. The van der Waals surface area contributed by atoms with E-state index in [2.05, 4.69) is 5.32 Å². The van der Waals surface area contributed by atoms with Crippen molar-refractivity contribution in [3.63, 3.8) is 0 Å². The van der Waals surface area contributed by atoms with Gasteiger partial charge in [-0.3, -0.25) is 9.69 Å². The molecule has 0 spiro atoms. The van der Waals surface area contributed by atoms with Crippen molar-refractivity contribution in [2.24, 2.45) is 5.92 Å². The molecule has 2 rings (SSSR count). The van der Waals surface area contributed by atoms with Gasteiger partial charge in [0.05, 0.1) is 5.92 Å². The van der Waals surface area contributed by atoms with E-state index in [1.165, 1.54) is 0 Å². The average Bonchev–Trinajstić information content (AvgIpc) is 2.88. The highest BCUT2D eigenvalue weighted by Gasteiger charge is 2.31. The number of amides is 2. The van der Waals surface area contributed by atoms with Crippen molar-refractivity contribution >= 4 is 17.7 Å². The van der Waals surface area contributed by atoms with Crippen LogP contribution in [0.1, 0.15) is 31.7 Å². The Kier molecular flexibility index (Phi) is 4.83. The van der Waals surface area contributed by atoms with Gasteiger partial charge in [-0.05, 0) is 50.8 Å². The number of carbonyl (C=O) groups excluding carboxylic acids is 1. The summed E-state index contributed by atoms with van der Waals surface area (Å²) in [5, 5.41) is 12.0. The smallest absolute Gasteiger partial charge is 0.322 e. The number of carboxylic acids is 1. The van der Waals surface area contributed by atoms with E-state index in [-0.39, 0.29) is 18.0 Å². The summed E-state index contributed by atoms with van der Waals surface area (Å²) in [7, 11) is 0. The molecule has 0 aromatic heterocycles. The van der Waals surface area contributed by atoms with Gasteiger partial charge in [-0.15, -0.1) is 0 Å². The number of hydrogen-bond acceptors (Lipinski definition) is 2. The summed E-state index contributed by atoms with van der Waals surface area (Å²) in [6, 6.07) is 7.60. The minimum absolute atomic E-state index is 0.0440. The van der Waals surface area contributed by atoms with Crippen LogP contribution >= 0.6 is 0 Å². The number of hydrogen-bond donors (Lipinski definition) is 2. The van der Waals surface area contributed by atoms with Crippen molar-refractivity contribution in [1.29, 1.82) is 0 Å². The molecule has 2 amide bonds. The zero-order valence-electron chi connectivity index (χ0n) is 12.5. The molecular formula is C16H22N2O3. The first-order valence-corrected chi connectivity index (χ1v) is 7.38. The van der Waals surface area contributed by atoms with Gasteiger partial charge in [0.25, 0.3) is 0 Å². The van der Waals surface area contributed by atoms with Gasteiger partial charge in [-0.25, -0.2) is 4.79 Å². The van der Waals surface area contributed by atoms with Gasteiger partial charge in [-0.1, -0.05) is 12.1 Å². The van der Waals surface area contributed by atoms with Crippen molar-refractivity contribution in [3.05, 3.63) is 29.8 Å². The quantitative estimate of drug-likeness (QED) is 0.896. The monoisotopic (exact) mass is 290 g/mol. The molecule has 1 aromatic rings. The molecule has 1 fully saturated rings. The lowest BCUT2D eigenvalue weighted by Gasteiger charge is -2.24. The van der Waals surface area contributed by atoms with Crippen molar-refractivity contribution in [2.75, 3.05) is 11.4 Å². The van der Waals surface area contributed by atoms with E-state index in [1.807, 2.05) is 38.1 Å². The van der Waals surface area contributed by atoms with Crippen LogP contribution in [-0.4, -0.2) is 29.7 Å². The Morgan fingerprint density at radius 3 is 2.71 bits per heavy atom. The zero-order valence-corrected chi connectivity index (χ0v) is 12.5. The average molecular weight is 290 g/mol. The van der Waals surface area contributed by atoms with Crippen molar-refractivity contribution < 1.29 is 14.7 Å². The fraction of sp³-hybridized carbons (Fsp3) is 0.500. The maximum Gasteiger partial charge on any atom is 0.322 e. The van der Waals surface area contributed by atoms with E-state index in [4.69, 9.17) is 5.11 Å². The minimum Gasteiger partial charge on any atom is -0.481 e. The lowest BCUT2D eigenvalue weighted by molar-refractivity contribution is -0.141. The number of rotatable bonds is 4. The maximum absolute atomic E-state index is 12.4. The third-order valence-corrected chi connectivity index (χ3v) is 3.98. The second-order valence-electron chi connectivity index (χ2n) is 5.58. The molecule has 0 aliphatic heterocycles. The standard InChI is InChI=1S/C16H22N2O3/c1-3-18(14-6-4-5-11(2)9-14)16(21)17-13-8-7-12(10-13)15(19)20/h4-6,9,12-13H,3,7-8,10H2,1-2H3,(H,17,21)(H,19,20). The SMILES string of the molecule is CCN(C(=O)NC1CCC(C(=O)O)C1)c1cccc(C)c1. The van der Waals surface area contributed by atoms with Gasteiger partial charge in [-0.2, -0.15) is 0 Å². The molecule has 5 nitrogen and oxygen atoms in total. The van der Waals surface area contributed by atoms with E-state index >= 15 is 0 Å². The van der Waals surface area contributed by atoms with E-state index < -0.39 is 5.97 Å². The predicted molar refractivity (Wildman–Crippen MR) is 81.5 cm³/mol. The highest BCUT2D eigenvalue weighted by atomic mass is 16.4. The van der Waals surface area contributed by atoms with E-state index in [0.29, 0.717) is 19.4 Å². The van der Waals surface area contributed by atoms with E-state index in [0.717, 1.165) is 17.7 Å². The Bertz CT molecular complexity index is 530. The molecule has 0 saturated heterocycles. The van der Waals surface area contributed by atoms with Crippen LogP contribution in [0.2, 0.25) is 0 Å². The lowest BCUT2D eigenvalue weighted by atomic mass is 10.1. The first-order chi connectivity index (χ1) is 10.0. The first kappa shape index (κ1) is 15.4. The van der Waals surface area contributed by atoms with Gasteiger partial charge in [0.1, 0.15) is 0 Å². The van der Waals surface area contributed by atoms with Gasteiger partial charge < -0.3 is 10.4 Å². The largest absolute Gasteiger partial charge is 0.481 e. The topological polar surface area (TPSA) is 69.6 Å². The summed E-state index contributed by atoms with van der Waals surface area (Å²) < 4.78 is 0. The highest BCUT2D eigenvalue weighted by molar-refractivity contribution is 5.92. The summed E-state index contributed by atoms with van der Waals surface area (Å²) in [6.07, 6.45) is 1.89. The molecule has 21 heavy (non-hydrogen) atoms. The number of benzene rings is 1. The summed E-state index contributed by atoms with van der Waals surface area (Å²) in [4.78, 5) is 25.0. The Balaban J connectivity index is 2.00. The number of nitrogens with zero attached hydrogens (tertiary/aromatic N) is 1. The molecule has 1 aromatic carbocycles. The molecule has 2 atom stereocenters. The summed E-state index contributed by atoms with van der Waals surface area (Å²) in [6.45, 7) is 4.49. The molecule has 5 heteroatoms. The third kappa shape index (κ3) is 3.74. The van der Waals surface area contributed by atoms with Crippen molar-refractivity contribution in [2.45, 2.75) is 39.2 Å². The summed E-state index contributed by atoms with van der Waals surface area (Å²) in [5.41, 5.74) is 1.97. The molecule has 1 saturated carbocycles. The van der Waals surface area contributed by atoms with Gasteiger partial charge in [0, 0.05) is 18.3 Å². The Morgan fingerprint density at radius 2 is 2.14 bits per heavy atom. The third-order valence-electron chi connectivity index (χ3n) is 3.98. The molecule has 2 N–H and O–H groups in total. The van der Waals surface area contributed by atoms with Crippen molar-refractivity contribution in [3.8, 4) is 0 Å². The maximum atomic E-state index is 12.4. The molecule has 114 valence electrons. The second kappa shape index (κ2) is 6.61. The highest BCUT2D eigenvalue weighted by Crippen LogP contribution is 2.26. The number of aryl methyl sites for hydroxylation is 1. The molecule has 1 aliphatic rings. The Morgan fingerprint density at radius 1 is 1.38 bits per heavy atom. The number of urea groups is 1. The Labute approximate surface area is 125 Å². The van der Waals surface area contributed by atoms with Gasteiger partial charge in [0.15, 0.2) is 0 Å². The van der Waals surface area contributed by atoms with Gasteiger partial charge in [0.2, 0.25) is 0 Å². The van der Waals surface area contributed by atoms with Crippen LogP contribution in [0.4, 0.5) is 10.5 Å². The van der Waals surface area contributed by atoms with Crippen LogP contribution in [0.25, 0.3) is 0 Å². The van der Waals surface area contributed by atoms with Crippen LogP contribution in [-0.2, 0) is 4.79 Å². The normalized spacial score (nSPS) is 21.0. The zero-order chi connectivity index (χ0) is 15.4. The number of carboxylic acid groups (broad SMARTS) is 1. The van der Waals surface area contributed by atoms with Crippen LogP contribution in [0.5, 0.6) is 0 Å². The number of nitrogens with one attached hydrogen (secondary N) is 1. The lowest BCUT2D eigenvalue weighted by Crippen LogP contribution is -2.44. The second-order valence-corrected chi connectivity index (χ2v) is 5.58. The van der Waals surface area contributed by atoms with Crippen LogP contribution < -0.4 is 10.2 Å². The summed E-state index contributed by atoms with van der Waals surface area (Å²) >= 11 is 0. The molecule has 0 bridgehead atoms. The predicted octanol–water partition coefficient (Wildman–Crippen LogP) is 2.78. The van der Waals surface area contributed by atoms with Crippen LogP contribution in [0.3, 0.4) is 0 Å². The molecule has 2 unspecified atom stereocenters. The number of carbonyl (C=O) groups is 2. The molecule has 1 aliphatic carbocycles. The Hall–Kier alpha value is -2.04. The van der Waals surface area contributed by atoms with Crippen LogP contribution in [0.15, 0.2) is 24.3 Å². The van der Waals surface area contributed by atoms with E-state index in [1.54, 1.807) is 4.90 Å². The molecule has 0 heterocycles.